The number of rotatable bonds is 5. The van der Waals surface area contributed by atoms with Gasteiger partial charge in [0.2, 0.25) is 0 Å². The second-order valence-electron chi connectivity index (χ2n) is 5.94. The molecule has 0 atom stereocenters. The monoisotopic (exact) mass is 547 g/mol. The number of halogens is 2. The third-order valence-corrected chi connectivity index (χ3v) is 5.60. The number of imidazole rings is 1. The Hall–Kier alpha value is -1.13. The summed E-state index contributed by atoms with van der Waals surface area (Å²) in [4.78, 5) is 12.5. The highest BCUT2D eigenvalue weighted by molar-refractivity contribution is 14.0. The zero-order chi connectivity index (χ0) is 17.8. The summed E-state index contributed by atoms with van der Waals surface area (Å²) in [6.45, 7) is 3.72. The van der Waals surface area contributed by atoms with Crippen LogP contribution in [-0.4, -0.2) is 40.9 Å². The predicted molar refractivity (Wildman–Crippen MR) is 124 cm³/mol. The van der Waals surface area contributed by atoms with Gasteiger partial charge in [0, 0.05) is 44.3 Å². The van der Waals surface area contributed by atoms with Crippen LogP contribution >= 0.6 is 51.2 Å². The van der Waals surface area contributed by atoms with Crippen LogP contribution in [0.15, 0.2) is 45.4 Å². The molecule has 0 amide bonds. The SMILES string of the molecule is CN=C(NCCc1cn2cccc(C)c2n1)N(C)Cc1ccc(Br)s1.I. The van der Waals surface area contributed by atoms with E-state index in [0.29, 0.717) is 0 Å². The average molecular weight is 548 g/mol. The fourth-order valence-electron chi connectivity index (χ4n) is 2.76. The Morgan fingerprint density at radius 1 is 1.38 bits per heavy atom. The zero-order valence-electron chi connectivity index (χ0n) is 15.1. The van der Waals surface area contributed by atoms with Crippen LogP contribution in [0.5, 0.6) is 0 Å². The Bertz CT molecular complexity index is 889. The molecule has 0 aromatic carbocycles. The van der Waals surface area contributed by atoms with Gasteiger partial charge in [0.25, 0.3) is 0 Å². The number of hydrogen-bond acceptors (Lipinski definition) is 3. The summed E-state index contributed by atoms with van der Waals surface area (Å²) in [5, 5.41) is 3.42. The van der Waals surface area contributed by atoms with Crippen LogP contribution in [0.4, 0.5) is 0 Å². The first-order chi connectivity index (χ1) is 12.1. The molecule has 0 aliphatic carbocycles. The van der Waals surface area contributed by atoms with Gasteiger partial charge in [0.1, 0.15) is 5.65 Å². The summed E-state index contributed by atoms with van der Waals surface area (Å²) in [6, 6.07) is 8.35. The van der Waals surface area contributed by atoms with Gasteiger partial charge in [-0.05, 0) is 46.6 Å². The number of guanidine groups is 1. The topological polar surface area (TPSA) is 44.9 Å². The van der Waals surface area contributed by atoms with Crippen molar-refractivity contribution in [3.05, 3.63) is 56.6 Å². The third-order valence-electron chi connectivity index (χ3n) is 3.99. The molecule has 3 heterocycles. The fraction of sp³-hybridized carbons (Fsp3) is 0.333. The van der Waals surface area contributed by atoms with Crippen molar-refractivity contribution in [2.45, 2.75) is 19.9 Å². The Labute approximate surface area is 183 Å². The van der Waals surface area contributed by atoms with Crippen LogP contribution in [0.25, 0.3) is 5.65 Å². The zero-order valence-corrected chi connectivity index (χ0v) is 19.8. The van der Waals surface area contributed by atoms with Gasteiger partial charge in [-0.3, -0.25) is 4.99 Å². The van der Waals surface area contributed by atoms with E-state index in [4.69, 9.17) is 4.98 Å². The van der Waals surface area contributed by atoms with E-state index in [1.807, 2.05) is 19.3 Å². The Kier molecular flexibility index (Phi) is 7.90. The molecule has 0 fully saturated rings. The molecule has 3 rings (SSSR count). The molecule has 140 valence electrons. The first-order valence-electron chi connectivity index (χ1n) is 8.16. The number of aliphatic imine (C=N–C) groups is 1. The molecule has 3 aromatic heterocycles. The van der Waals surface area contributed by atoms with Gasteiger partial charge in [-0.15, -0.1) is 35.3 Å². The van der Waals surface area contributed by atoms with Gasteiger partial charge in [-0.1, -0.05) is 6.07 Å². The van der Waals surface area contributed by atoms with Crippen LogP contribution in [-0.2, 0) is 13.0 Å². The molecule has 0 aliphatic heterocycles. The van der Waals surface area contributed by atoms with Gasteiger partial charge < -0.3 is 14.6 Å². The van der Waals surface area contributed by atoms with Crippen molar-refractivity contribution >= 4 is 62.9 Å². The lowest BCUT2D eigenvalue weighted by atomic mass is 10.3. The standard InChI is InChI=1S/C18H22BrN5S.HI/c1-13-5-4-10-24-11-14(22-17(13)24)8-9-21-18(20-2)23(3)12-15-6-7-16(19)25-15;/h4-7,10-11H,8-9,12H2,1-3H3,(H,20,21);1H. The number of nitrogens with one attached hydrogen (secondary N) is 1. The lowest BCUT2D eigenvalue weighted by molar-refractivity contribution is 0.482. The van der Waals surface area contributed by atoms with Gasteiger partial charge in [-0.2, -0.15) is 0 Å². The number of hydrogen-bond donors (Lipinski definition) is 1. The molecule has 0 aliphatic rings. The summed E-state index contributed by atoms with van der Waals surface area (Å²) in [5.74, 6) is 0.893. The van der Waals surface area contributed by atoms with Crippen molar-refractivity contribution < 1.29 is 0 Å². The quantitative estimate of drug-likeness (QED) is 0.294. The minimum Gasteiger partial charge on any atom is -0.356 e. The minimum atomic E-state index is 0. The minimum absolute atomic E-state index is 0. The maximum absolute atomic E-state index is 4.72. The second kappa shape index (κ2) is 9.70. The van der Waals surface area contributed by atoms with Crippen molar-refractivity contribution in [1.29, 1.82) is 0 Å². The molecule has 3 aromatic rings. The third kappa shape index (κ3) is 5.20. The average Bonchev–Trinajstić information content (AvgIpc) is 3.18. The molecule has 1 N–H and O–H groups in total. The lowest BCUT2D eigenvalue weighted by Gasteiger charge is -2.21. The number of aryl methyl sites for hydroxylation is 1. The number of fused-ring (bicyclic) bond motifs is 1. The Morgan fingerprint density at radius 2 is 2.19 bits per heavy atom. The molecule has 0 bridgehead atoms. The van der Waals surface area contributed by atoms with Crippen molar-refractivity contribution in [3.63, 3.8) is 0 Å². The van der Waals surface area contributed by atoms with Gasteiger partial charge in [-0.25, -0.2) is 4.98 Å². The van der Waals surface area contributed by atoms with E-state index in [2.05, 4.69) is 73.9 Å². The Balaban J connectivity index is 0.00000243. The van der Waals surface area contributed by atoms with Gasteiger partial charge in [0.05, 0.1) is 16.0 Å². The van der Waals surface area contributed by atoms with E-state index < -0.39 is 0 Å². The fourth-order valence-corrected chi connectivity index (χ4v) is 4.29. The van der Waals surface area contributed by atoms with Crippen LogP contribution in [0.2, 0.25) is 0 Å². The van der Waals surface area contributed by atoms with Crippen LogP contribution in [0.1, 0.15) is 16.1 Å². The largest absolute Gasteiger partial charge is 0.356 e. The van der Waals surface area contributed by atoms with Crippen molar-refractivity contribution in [1.82, 2.24) is 19.6 Å². The highest BCUT2D eigenvalue weighted by Gasteiger charge is 2.09. The van der Waals surface area contributed by atoms with Crippen LogP contribution < -0.4 is 5.32 Å². The normalized spacial score (nSPS) is 11.5. The first kappa shape index (κ1) is 21.2. The molecule has 8 heteroatoms. The molecule has 5 nitrogen and oxygen atoms in total. The molecular weight excluding hydrogens is 525 g/mol. The number of thiophene rings is 1. The molecule has 0 spiro atoms. The predicted octanol–water partition coefficient (Wildman–Crippen LogP) is 4.33. The van der Waals surface area contributed by atoms with Crippen LogP contribution in [0, 0.1) is 6.92 Å². The lowest BCUT2D eigenvalue weighted by Crippen LogP contribution is -2.39. The summed E-state index contributed by atoms with van der Waals surface area (Å²) in [7, 11) is 3.87. The van der Waals surface area contributed by atoms with E-state index in [0.717, 1.165) is 40.6 Å². The number of nitrogens with zero attached hydrogens (tertiary/aromatic N) is 4. The Morgan fingerprint density at radius 3 is 2.85 bits per heavy atom. The summed E-state index contributed by atoms with van der Waals surface area (Å²) in [5.41, 5.74) is 3.31. The first-order valence-corrected chi connectivity index (χ1v) is 9.77. The molecule has 0 saturated heterocycles. The van der Waals surface area contributed by atoms with Gasteiger partial charge >= 0.3 is 0 Å². The van der Waals surface area contributed by atoms with Crippen molar-refractivity contribution in [2.24, 2.45) is 4.99 Å². The van der Waals surface area contributed by atoms with Crippen molar-refractivity contribution in [2.75, 3.05) is 20.6 Å². The van der Waals surface area contributed by atoms with Gasteiger partial charge in [0.15, 0.2) is 5.96 Å². The van der Waals surface area contributed by atoms with E-state index in [-0.39, 0.29) is 24.0 Å². The van der Waals surface area contributed by atoms with Crippen molar-refractivity contribution in [3.8, 4) is 0 Å². The highest BCUT2D eigenvalue weighted by atomic mass is 127. The maximum Gasteiger partial charge on any atom is 0.193 e. The summed E-state index contributed by atoms with van der Waals surface area (Å²) >= 11 is 5.26. The van der Waals surface area contributed by atoms with E-state index in [9.17, 15) is 0 Å². The number of aromatic nitrogens is 2. The number of pyridine rings is 1. The molecule has 0 radical (unpaired) electrons. The highest BCUT2D eigenvalue weighted by Crippen LogP contribution is 2.22. The van der Waals surface area contributed by atoms with E-state index in [1.165, 1.54) is 10.4 Å². The van der Waals surface area contributed by atoms with E-state index in [1.54, 1.807) is 11.3 Å². The molecular formula is C18H23BrIN5S. The molecule has 0 saturated carbocycles. The molecule has 0 unspecified atom stereocenters. The van der Waals surface area contributed by atoms with E-state index >= 15 is 0 Å². The second-order valence-corrected chi connectivity index (χ2v) is 8.49. The summed E-state index contributed by atoms with van der Waals surface area (Å²) in [6.07, 6.45) is 5.00. The van der Waals surface area contributed by atoms with Crippen LogP contribution in [0.3, 0.4) is 0 Å². The molecule has 26 heavy (non-hydrogen) atoms. The maximum atomic E-state index is 4.72. The smallest absolute Gasteiger partial charge is 0.193 e. The summed E-state index contributed by atoms with van der Waals surface area (Å²) < 4.78 is 3.24.